The van der Waals surface area contributed by atoms with Crippen LogP contribution < -0.4 is 5.32 Å². The molecular formula is C17H19N3. The Morgan fingerprint density at radius 2 is 1.90 bits per heavy atom. The van der Waals surface area contributed by atoms with Crippen LogP contribution in [0, 0.1) is 0 Å². The lowest BCUT2D eigenvalue weighted by atomic mass is 9.99. The van der Waals surface area contributed by atoms with Crippen molar-refractivity contribution in [2.45, 2.75) is 12.5 Å². The van der Waals surface area contributed by atoms with E-state index in [1.165, 1.54) is 16.3 Å². The van der Waals surface area contributed by atoms with Crippen molar-refractivity contribution < 1.29 is 0 Å². The third-order valence-corrected chi connectivity index (χ3v) is 3.71. The number of nitrogens with zero attached hydrogens (tertiary/aromatic N) is 2. The molecular weight excluding hydrogens is 246 g/mol. The van der Waals surface area contributed by atoms with Gasteiger partial charge >= 0.3 is 0 Å². The lowest BCUT2D eigenvalue weighted by Gasteiger charge is -2.16. The first-order chi connectivity index (χ1) is 9.76. The monoisotopic (exact) mass is 265 g/mol. The molecule has 0 saturated heterocycles. The van der Waals surface area contributed by atoms with Crippen molar-refractivity contribution >= 4 is 10.8 Å². The molecule has 0 spiro atoms. The van der Waals surface area contributed by atoms with Gasteiger partial charge in [0.1, 0.15) is 0 Å². The summed E-state index contributed by atoms with van der Waals surface area (Å²) in [5.74, 6) is 0. The molecule has 20 heavy (non-hydrogen) atoms. The van der Waals surface area contributed by atoms with E-state index in [1.807, 2.05) is 25.0 Å². The molecule has 0 amide bonds. The summed E-state index contributed by atoms with van der Waals surface area (Å²) in [5.41, 5.74) is 2.41. The second kappa shape index (κ2) is 5.47. The zero-order valence-electron chi connectivity index (χ0n) is 11.9. The summed E-state index contributed by atoms with van der Waals surface area (Å²) in [6.07, 6.45) is 2.89. The molecule has 3 aromatic rings. The summed E-state index contributed by atoms with van der Waals surface area (Å²) in [6, 6.07) is 17.5. The number of hydrogen-bond donors (Lipinski definition) is 1. The number of fused-ring (bicyclic) bond motifs is 1. The van der Waals surface area contributed by atoms with E-state index in [-0.39, 0.29) is 6.04 Å². The van der Waals surface area contributed by atoms with E-state index in [0.29, 0.717) is 0 Å². The normalized spacial score (nSPS) is 12.7. The van der Waals surface area contributed by atoms with Crippen LogP contribution in [0.4, 0.5) is 0 Å². The van der Waals surface area contributed by atoms with Crippen LogP contribution in [-0.4, -0.2) is 16.8 Å². The van der Waals surface area contributed by atoms with Crippen LogP contribution in [0.1, 0.15) is 17.3 Å². The highest BCUT2D eigenvalue weighted by Crippen LogP contribution is 2.22. The molecule has 3 heteroatoms. The van der Waals surface area contributed by atoms with Crippen molar-refractivity contribution in [1.29, 1.82) is 0 Å². The lowest BCUT2D eigenvalue weighted by Crippen LogP contribution is -2.19. The Morgan fingerprint density at radius 1 is 1.10 bits per heavy atom. The predicted octanol–water partition coefficient (Wildman–Crippen LogP) is 3.08. The zero-order chi connectivity index (χ0) is 13.9. The number of hydrogen-bond acceptors (Lipinski definition) is 2. The first-order valence-corrected chi connectivity index (χ1v) is 6.91. The van der Waals surface area contributed by atoms with Gasteiger partial charge < -0.3 is 5.32 Å². The Hall–Kier alpha value is -2.13. The number of aromatic nitrogens is 2. The standard InChI is InChI=1S/C17H19N3/c1-18-17(12-16-9-10-20(2)19-16)15-8-7-13-5-3-4-6-14(13)11-15/h3-11,17-18H,12H2,1-2H3. The summed E-state index contributed by atoms with van der Waals surface area (Å²) in [4.78, 5) is 0. The molecule has 0 saturated carbocycles. The zero-order valence-corrected chi connectivity index (χ0v) is 11.9. The maximum Gasteiger partial charge on any atom is 0.0643 e. The molecule has 3 nitrogen and oxygen atoms in total. The summed E-state index contributed by atoms with van der Waals surface area (Å²) in [7, 11) is 3.96. The van der Waals surface area contributed by atoms with Crippen LogP contribution >= 0.6 is 0 Å². The van der Waals surface area contributed by atoms with Gasteiger partial charge in [0.05, 0.1) is 5.69 Å². The number of aryl methyl sites for hydroxylation is 1. The molecule has 1 atom stereocenters. The van der Waals surface area contributed by atoms with Gasteiger partial charge in [-0.05, 0) is 35.5 Å². The second-order valence-corrected chi connectivity index (χ2v) is 5.13. The first-order valence-electron chi connectivity index (χ1n) is 6.91. The summed E-state index contributed by atoms with van der Waals surface area (Å²) < 4.78 is 1.85. The van der Waals surface area contributed by atoms with E-state index >= 15 is 0 Å². The van der Waals surface area contributed by atoms with Gasteiger partial charge in [-0.25, -0.2) is 0 Å². The van der Waals surface area contributed by atoms with Gasteiger partial charge in [0.15, 0.2) is 0 Å². The first kappa shape index (κ1) is 12.9. The molecule has 2 aromatic carbocycles. The van der Waals surface area contributed by atoms with Gasteiger partial charge in [0.25, 0.3) is 0 Å². The molecule has 1 aromatic heterocycles. The molecule has 1 heterocycles. The highest BCUT2D eigenvalue weighted by Gasteiger charge is 2.12. The van der Waals surface area contributed by atoms with Crippen molar-refractivity contribution in [2.24, 2.45) is 7.05 Å². The minimum absolute atomic E-state index is 0.287. The molecule has 102 valence electrons. The lowest BCUT2D eigenvalue weighted by molar-refractivity contribution is 0.578. The predicted molar refractivity (Wildman–Crippen MR) is 82.7 cm³/mol. The third-order valence-electron chi connectivity index (χ3n) is 3.71. The van der Waals surface area contributed by atoms with Crippen molar-refractivity contribution in [3.05, 3.63) is 66.0 Å². The van der Waals surface area contributed by atoms with Crippen LogP contribution in [0.3, 0.4) is 0 Å². The summed E-state index contributed by atoms with van der Waals surface area (Å²) in [6.45, 7) is 0. The Bertz CT molecular complexity index is 715. The van der Waals surface area contributed by atoms with Crippen molar-refractivity contribution in [2.75, 3.05) is 7.05 Å². The molecule has 0 aliphatic carbocycles. The Morgan fingerprint density at radius 3 is 2.60 bits per heavy atom. The van der Waals surface area contributed by atoms with Crippen molar-refractivity contribution in [1.82, 2.24) is 15.1 Å². The minimum atomic E-state index is 0.287. The van der Waals surface area contributed by atoms with E-state index < -0.39 is 0 Å². The Labute approximate surface area is 119 Å². The number of rotatable bonds is 4. The average molecular weight is 265 g/mol. The largest absolute Gasteiger partial charge is 0.313 e. The Kier molecular flexibility index (Phi) is 3.52. The van der Waals surface area contributed by atoms with Gasteiger partial charge in [-0.1, -0.05) is 36.4 Å². The maximum atomic E-state index is 4.46. The van der Waals surface area contributed by atoms with E-state index in [9.17, 15) is 0 Å². The van der Waals surface area contributed by atoms with Gasteiger partial charge in [-0.3, -0.25) is 4.68 Å². The van der Waals surface area contributed by atoms with Gasteiger partial charge in [0, 0.05) is 25.7 Å². The summed E-state index contributed by atoms with van der Waals surface area (Å²) in [5, 5.41) is 10.4. The highest BCUT2D eigenvalue weighted by molar-refractivity contribution is 5.83. The van der Waals surface area contributed by atoms with Gasteiger partial charge in [-0.15, -0.1) is 0 Å². The van der Waals surface area contributed by atoms with Crippen molar-refractivity contribution in [3.8, 4) is 0 Å². The van der Waals surface area contributed by atoms with E-state index in [0.717, 1.165) is 12.1 Å². The van der Waals surface area contributed by atoms with Crippen LogP contribution in [0.15, 0.2) is 54.7 Å². The van der Waals surface area contributed by atoms with Crippen molar-refractivity contribution in [3.63, 3.8) is 0 Å². The molecule has 1 N–H and O–H groups in total. The minimum Gasteiger partial charge on any atom is -0.313 e. The summed E-state index contributed by atoms with van der Waals surface area (Å²) >= 11 is 0. The van der Waals surface area contributed by atoms with Crippen LogP contribution in [0.5, 0.6) is 0 Å². The van der Waals surface area contributed by atoms with E-state index in [2.05, 4.69) is 58.9 Å². The molecule has 0 aliphatic rings. The van der Waals surface area contributed by atoms with Gasteiger partial charge in [0.2, 0.25) is 0 Å². The van der Waals surface area contributed by atoms with Gasteiger partial charge in [-0.2, -0.15) is 5.10 Å². The fourth-order valence-electron chi connectivity index (χ4n) is 2.59. The third kappa shape index (κ3) is 2.58. The smallest absolute Gasteiger partial charge is 0.0643 e. The van der Waals surface area contributed by atoms with E-state index in [4.69, 9.17) is 0 Å². The Balaban J connectivity index is 1.90. The van der Waals surface area contributed by atoms with Crippen LogP contribution in [-0.2, 0) is 13.5 Å². The molecule has 3 rings (SSSR count). The topological polar surface area (TPSA) is 29.9 Å². The molecule has 0 fully saturated rings. The highest BCUT2D eigenvalue weighted by atomic mass is 15.2. The SMILES string of the molecule is CNC(Cc1ccn(C)n1)c1ccc2ccccc2c1. The molecule has 0 aliphatic heterocycles. The fraction of sp³-hybridized carbons (Fsp3) is 0.235. The average Bonchev–Trinajstić information content (AvgIpc) is 2.89. The molecule has 0 radical (unpaired) electrons. The number of nitrogens with one attached hydrogen (secondary N) is 1. The molecule has 1 unspecified atom stereocenters. The van der Waals surface area contributed by atoms with Crippen LogP contribution in [0.25, 0.3) is 10.8 Å². The van der Waals surface area contributed by atoms with Crippen LogP contribution in [0.2, 0.25) is 0 Å². The fourth-order valence-corrected chi connectivity index (χ4v) is 2.59. The quantitative estimate of drug-likeness (QED) is 0.785. The molecule has 0 bridgehead atoms. The van der Waals surface area contributed by atoms with E-state index in [1.54, 1.807) is 0 Å². The number of likely N-dealkylation sites (N-methyl/N-ethyl adjacent to an activating group) is 1. The maximum absolute atomic E-state index is 4.46. The number of benzene rings is 2. The second-order valence-electron chi connectivity index (χ2n) is 5.13.